The van der Waals surface area contributed by atoms with E-state index in [1.807, 2.05) is 24.3 Å². The average molecular weight is 354 g/mol. The number of H-pyrrole nitrogens is 1. The SMILES string of the molecule is COc1ccc2ccccc2c1C=Nn1c([C@@H]2CCCO2)n[nH]c1=S. The zero-order chi connectivity index (χ0) is 17.2. The lowest BCUT2D eigenvalue weighted by Gasteiger charge is -2.10. The van der Waals surface area contributed by atoms with E-state index in [1.54, 1.807) is 18.0 Å². The molecule has 1 fully saturated rings. The first kappa shape index (κ1) is 16.0. The third kappa shape index (κ3) is 2.96. The summed E-state index contributed by atoms with van der Waals surface area (Å²) in [5.41, 5.74) is 0.905. The molecule has 1 aromatic heterocycles. The number of rotatable bonds is 4. The van der Waals surface area contributed by atoms with Crippen molar-refractivity contribution in [1.82, 2.24) is 14.9 Å². The van der Waals surface area contributed by atoms with Crippen molar-refractivity contribution in [2.24, 2.45) is 5.10 Å². The third-order valence-electron chi connectivity index (χ3n) is 4.35. The highest BCUT2D eigenvalue weighted by atomic mass is 32.1. The summed E-state index contributed by atoms with van der Waals surface area (Å²) in [5.74, 6) is 1.47. The molecule has 0 bridgehead atoms. The largest absolute Gasteiger partial charge is 0.496 e. The molecule has 0 aliphatic carbocycles. The molecule has 1 atom stereocenters. The predicted octanol–water partition coefficient (Wildman–Crippen LogP) is 3.84. The minimum Gasteiger partial charge on any atom is -0.496 e. The minimum absolute atomic E-state index is 0.0699. The topological polar surface area (TPSA) is 64.4 Å². The van der Waals surface area contributed by atoms with Crippen LogP contribution in [-0.2, 0) is 4.74 Å². The Labute approximate surface area is 150 Å². The van der Waals surface area contributed by atoms with E-state index in [0.717, 1.165) is 41.5 Å². The van der Waals surface area contributed by atoms with Gasteiger partial charge in [0.05, 0.1) is 13.3 Å². The van der Waals surface area contributed by atoms with Crippen LogP contribution in [0.1, 0.15) is 30.3 Å². The molecule has 0 unspecified atom stereocenters. The number of nitrogens with zero attached hydrogens (tertiary/aromatic N) is 3. The van der Waals surface area contributed by atoms with Crippen LogP contribution in [0.2, 0.25) is 0 Å². The molecule has 6 nitrogen and oxygen atoms in total. The summed E-state index contributed by atoms with van der Waals surface area (Å²) in [6, 6.07) is 12.1. The Kier molecular flexibility index (Phi) is 4.33. The Morgan fingerprint density at radius 2 is 2.24 bits per heavy atom. The van der Waals surface area contributed by atoms with Crippen LogP contribution in [0.4, 0.5) is 0 Å². The molecule has 1 N–H and O–H groups in total. The van der Waals surface area contributed by atoms with Gasteiger partial charge in [0.15, 0.2) is 5.82 Å². The Hall–Kier alpha value is -2.51. The highest BCUT2D eigenvalue weighted by Gasteiger charge is 2.23. The lowest BCUT2D eigenvalue weighted by atomic mass is 10.0. The van der Waals surface area contributed by atoms with E-state index in [2.05, 4.69) is 27.4 Å². The van der Waals surface area contributed by atoms with E-state index in [-0.39, 0.29) is 6.10 Å². The van der Waals surface area contributed by atoms with Crippen molar-refractivity contribution in [2.75, 3.05) is 13.7 Å². The third-order valence-corrected chi connectivity index (χ3v) is 4.61. The van der Waals surface area contributed by atoms with Gasteiger partial charge in [0.1, 0.15) is 11.9 Å². The number of fused-ring (bicyclic) bond motifs is 1. The first-order valence-corrected chi connectivity index (χ1v) is 8.58. The Morgan fingerprint density at radius 1 is 1.36 bits per heavy atom. The number of aromatic nitrogens is 3. The first-order valence-electron chi connectivity index (χ1n) is 8.17. The van der Waals surface area contributed by atoms with E-state index in [9.17, 15) is 0 Å². The van der Waals surface area contributed by atoms with Crippen molar-refractivity contribution in [3.63, 3.8) is 0 Å². The maximum atomic E-state index is 5.71. The Bertz CT molecular complexity index is 986. The molecule has 2 aromatic carbocycles. The zero-order valence-corrected chi connectivity index (χ0v) is 14.6. The maximum absolute atomic E-state index is 5.71. The molecule has 1 saturated heterocycles. The smallest absolute Gasteiger partial charge is 0.216 e. The maximum Gasteiger partial charge on any atom is 0.216 e. The van der Waals surface area contributed by atoms with Crippen LogP contribution >= 0.6 is 12.2 Å². The van der Waals surface area contributed by atoms with Crippen LogP contribution in [0.3, 0.4) is 0 Å². The number of methoxy groups -OCH3 is 1. The molecule has 3 aromatic rings. The molecule has 0 amide bonds. The fourth-order valence-electron chi connectivity index (χ4n) is 3.11. The van der Waals surface area contributed by atoms with Gasteiger partial charge >= 0.3 is 0 Å². The molecule has 128 valence electrons. The predicted molar refractivity (Wildman–Crippen MR) is 98.8 cm³/mol. The van der Waals surface area contributed by atoms with Crippen LogP contribution < -0.4 is 4.74 Å². The van der Waals surface area contributed by atoms with Crippen molar-refractivity contribution in [2.45, 2.75) is 18.9 Å². The summed E-state index contributed by atoms with van der Waals surface area (Å²) in [4.78, 5) is 0. The minimum atomic E-state index is -0.0699. The van der Waals surface area contributed by atoms with Gasteiger partial charge in [-0.25, -0.2) is 0 Å². The monoisotopic (exact) mass is 354 g/mol. The van der Waals surface area contributed by atoms with Gasteiger partial charge in [0.25, 0.3) is 0 Å². The van der Waals surface area contributed by atoms with E-state index >= 15 is 0 Å². The molecule has 7 heteroatoms. The molecule has 2 heterocycles. The summed E-state index contributed by atoms with van der Waals surface area (Å²) in [5, 5.41) is 13.9. The van der Waals surface area contributed by atoms with Crippen molar-refractivity contribution in [3.8, 4) is 5.75 Å². The van der Waals surface area contributed by atoms with Crippen LogP contribution in [0, 0.1) is 4.77 Å². The quantitative estimate of drug-likeness (QED) is 0.571. The van der Waals surface area contributed by atoms with Crippen molar-refractivity contribution in [3.05, 3.63) is 52.6 Å². The fraction of sp³-hybridized carbons (Fsp3) is 0.278. The second-order valence-electron chi connectivity index (χ2n) is 5.85. The molecule has 4 rings (SSSR count). The van der Waals surface area contributed by atoms with Crippen LogP contribution in [-0.4, -0.2) is 34.8 Å². The molecule has 0 radical (unpaired) electrons. The van der Waals surface area contributed by atoms with Gasteiger partial charge in [-0.15, -0.1) is 0 Å². The number of aromatic amines is 1. The molecule has 25 heavy (non-hydrogen) atoms. The lowest BCUT2D eigenvalue weighted by molar-refractivity contribution is 0.102. The van der Waals surface area contributed by atoms with Crippen LogP contribution in [0.15, 0.2) is 41.5 Å². The molecule has 1 aliphatic rings. The number of hydrogen-bond acceptors (Lipinski definition) is 5. The van der Waals surface area contributed by atoms with Crippen LogP contribution in [0.5, 0.6) is 5.75 Å². The Balaban J connectivity index is 1.79. The van der Waals surface area contributed by atoms with Gasteiger partial charge < -0.3 is 9.47 Å². The molecule has 0 spiro atoms. The summed E-state index contributed by atoms with van der Waals surface area (Å²) >= 11 is 5.33. The second-order valence-corrected chi connectivity index (χ2v) is 6.23. The standard InChI is InChI=1S/C18H18N4O2S/c1-23-15-9-8-12-5-2-3-6-13(12)14(15)11-19-22-17(20-21-18(22)25)16-7-4-10-24-16/h2-3,5-6,8-9,11,16H,4,7,10H2,1H3,(H,21,25)/t16-/m0/s1. The van der Waals surface area contributed by atoms with E-state index in [4.69, 9.17) is 21.7 Å². The van der Waals surface area contributed by atoms with Gasteiger partial charge in [-0.1, -0.05) is 30.3 Å². The van der Waals surface area contributed by atoms with Gasteiger partial charge in [-0.3, -0.25) is 5.10 Å². The summed E-state index contributed by atoms with van der Waals surface area (Å²) in [6.07, 6.45) is 3.64. The lowest BCUT2D eigenvalue weighted by Crippen LogP contribution is -2.05. The molecular formula is C18H18N4O2S. The van der Waals surface area contributed by atoms with Gasteiger partial charge in [0, 0.05) is 12.2 Å². The summed E-state index contributed by atoms with van der Waals surface area (Å²) in [7, 11) is 1.66. The highest BCUT2D eigenvalue weighted by molar-refractivity contribution is 7.71. The van der Waals surface area contributed by atoms with Gasteiger partial charge in [0.2, 0.25) is 4.77 Å². The summed E-state index contributed by atoms with van der Waals surface area (Å²) < 4.78 is 13.3. The van der Waals surface area contributed by atoms with Crippen molar-refractivity contribution < 1.29 is 9.47 Å². The normalized spacial score (nSPS) is 17.6. The summed E-state index contributed by atoms with van der Waals surface area (Å²) in [6.45, 7) is 0.741. The number of nitrogens with one attached hydrogen (secondary N) is 1. The molecule has 0 saturated carbocycles. The Morgan fingerprint density at radius 3 is 3.04 bits per heavy atom. The molecular weight excluding hydrogens is 336 g/mol. The fourth-order valence-corrected chi connectivity index (χ4v) is 3.29. The first-order chi connectivity index (χ1) is 12.3. The average Bonchev–Trinajstić information content (AvgIpc) is 3.29. The van der Waals surface area contributed by atoms with Crippen molar-refractivity contribution >= 4 is 29.2 Å². The van der Waals surface area contributed by atoms with Crippen LogP contribution in [0.25, 0.3) is 10.8 Å². The van der Waals surface area contributed by atoms with Gasteiger partial charge in [-0.05, 0) is 41.9 Å². The highest BCUT2D eigenvalue weighted by Crippen LogP contribution is 2.28. The van der Waals surface area contributed by atoms with E-state index < -0.39 is 0 Å². The van der Waals surface area contributed by atoms with E-state index in [1.165, 1.54) is 0 Å². The zero-order valence-electron chi connectivity index (χ0n) is 13.8. The number of benzene rings is 2. The van der Waals surface area contributed by atoms with Crippen molar-refractivity contribution in [1.29, 1.82) is 0 Å². The number of ether oxygens (including phenoxy) is 2. The van der Waals surface area contributed by atoms with E-state index in [0.29, 0.717) is 10.6 Å². The molecule has 1 aliphatic heterocycles. The number of hydrogen-bond donors (Lipinski definition) is 1. The second kappa shape index (κ2) is 6.78. The van der Waals surface area contributed by atoms with Gasteiger partial charge in [-0.2, -0.15) is 14.9 Å².